The number of rotatable bonds is 8. The largest absolute Gasteiger partial charge is 0.384 e. The summed E-state index contributed by atoms with van der Waals surface area (Å²) in [4.78, 5) is 3.96. The summed E-state index contributed by atoms with van der Waals surface area (Å²) in [6.45, 7) is 6.73. The zero-order chi connectivity index (χ0) is 15.2. The van der Waals surface area contributed by atoms with Crippen LogP contribution in [0.3, 0.4) is 0 Å². The van der Waals surface area contributed by atoms with Crippen molar-refractivity contribution in [2.75, 3.05) is 12.3 Å². The van der Waals surface area contributed by atoms with E-state index in [0.29, 0.717) is 12.4 Å². The lowest BCUT2D eigenvalue weighted by Crippen LogP contribution is -2.34. The number of hydrogen-bond donors (Lipinski definition) is 2. The standard InChI is InChI=1S/C14H25N3O2S/c1-4-5-6-9-14(2,3)11-17-20(18,19)12-7-8-13(15)16-10-12/h7-8,10,17H,4-6,9,11H2,1-3H3,(H2,15,16). The number of hydrogen-bond acceptors (Lipinski definition) is 4. The summed E-state index contributed by atoms with van der Waals surface area (Å²) in [6, 6.07) is 2.95. The summed E-state index contributed by atoms with van der Waals surface area (Å²) in [5.41, 5.74) is 5.40. The van der Waals surface area contributed by atoms with E-state index >= 15 is 0 Å². The summed E-state index contributed by atoms with van der Waals surface area (Å²) in [6.07, 6.45) is 5.75. The third kappa shape index (κ3) is 5.46. The molecule has 0 unspecified atom stereocenters. The Kier molecular flexibility index (Phi) is 5.95. The fourth-order valence-electron chi connectivity index (χ4n) is 1.87. The number of anilines is 1. The molecule has 5 nitrogen and oxygen atoms in total. The van der Waals surface area contributed by atoms with Crippen LogP contribution in [-0.4, -0.2) is 19.9 Å². The van der Waals surface area contributed by atoms with Gasteiger partial charge in [-0.1, -0.05) is 40.0 Å². The second kappa shape index (κ2) is 7.04. The van der Waals surface area contributed by atoms with E-state index in [9.17, 15) is 8.42 Å². The van der Waals surface area contributed by atoms with E-state index in [1.165, 1.54) is 31.2 Å². The molecular formula is C14H25N3O2S. The first-order chi connectivity index (χ1) is 9.27. The maximum atomic E-state index is 12.1. The maximum absolute atomic E-state index is 12.1. The molecule has 0 aliphatic heterocycles. The number of pyridine rings is 1. The van der Waals surface area contributed by atoms with Gasteiger partial charge in [0.2, 0.25) is 10.0 Å². The lowest BCUT2D eigenvalue weighted by Gasteiger charge is -2.24. The van der Waals surface area contributed by atoms with Gasteiger partial charge in [-0.2, -0.15) is 0 Å². The molecule has 3 N–H and O–H groups in total. The van der Waals surface area contributed by atoms with Crippen LogP contribution in [0.15, 0.2) is 23.2 Å². The zero-order valence-corrected chi connectivity index (χ0v) is 13.3. The number of nitrogens with zero attached hydrogens (tertiary/aromatic N) is 1. The van der Waals surface area contributed by atoms with Crippen molar-refractivity contribution in [3.05, 3.63) is 18.3 Å². The zero-order valence-electron chi connectivity index (χ0n) is 12.5. The smallest absolute Gasteiger partial charge is 0.242 e. The van der Waals surface area contributed by atoms with Crippen LogP contribution in [0.5, 0.6) is 0 Å². The van der Waals surface area contributed by atoms with Crippen LogP contribution in [0.1, 0.15) is 46.5 Å². The van der Waals surface area contributed by atoms with Crippen LogP contribution in [0.25, 0.3) is 0 Å². The molecule has 1 rings (SSSR count). The highest BCUT2D eigenvalue weighted by Gasteiger charge is 2.22. The van der Waals surface area contributed by atoms with Crippen molar-refractivity contribution in [2.24, 2.45) is 5.41 Å². The van der Waals surface area contributed by atoms with E-state index in [-0.39, 0.29) is 10.3 Å². The van der Waals surface area contributed by atoms with Crippen molar-refractivity contribution in [3.63, 3.8) is 0 Å². The molecule has 6 heteroatoms. The lowest BCUT2D eigenvalue weighted by atomic mass is 9.87. The molecule has 0 saturated heterocycles. The van der Waals surface area contributed by atoms with Crippen molar-refractivity contribution in [3.8, 4) is 0 Å². The minimum absolute atomic E-state index is 0.0521. The second-order valence-electron chi connectivity index (χ2n) is 5.86. The van der Waals surface area contributed by atoms with Crippen LogP contribution in [0.4, 0.5) is 5.82 Å². The van der Waals surface area contributed by atoms with E-state index in [1.807, 2.05) is 0 Å². The van der Waals surface area contributed by atoms with Gasteiger partial charge in [0.15, 0.2) is 0 Å². The Bertz CT molecular complexity index is 510. The number of aromatic nitrogens is 1. The summed E-state index contributed by atoms with van der Waals surface area (Å²) in [5, 5.41) is 0. The van der Waals surface area contributed by atoms with Gasteiger partial charge in [0.1, 0.15) is 10.7 Å². The minimum atomic E-state index is -3.51. The van der Waals surface area contributed by atoms with Gasteiger partial charge in [0.05, 0.1) is 0 Å². The molecule has 1 aromatic heterocycles. The minimum Gasteiger partial charge on any atom is -0.384 e. The topological polar surface area (TPSA) is 85.1 Å². The van der Waals surface area contributed by atoms with Gasteiger partial charge in [-0.3, -0.25) is 0 Å². The van der Waals surface area contributed by atoms with Crippen molar-refractivity contribution in [1.29, 1.82) is 0 Å². The third-order valence-electron chi connectivity index (χ3n) is 3.27. The maximum Gasteiger partial charge on any atom is 0.242 e. The Balaban J connectivity index is 2.61. The summed E-state index contributed by atoms with van der Waals surface area (Å²) >= 11 is 0. The van der Waals surface area contributed by atoms with Crippen LogP contribution in [0, 0.1) is 5.41 Å². The molecule has 0 bridgehead atoms. The van der Waals surface area contributed by atoms with Crippen LogP contribution >= 0.6 is 0 Å². The molecule has 0 spiro atoms. The highest BCUT2D eigenvalue weighted by molar-refractivity contribution is 7.89. The first-order valence-corrected chi connectivity index (χ1v) is 8.46. The first kappa shape index (κ1) is 16.9. The van der Waals surface area contributed by atoms with E-state index in [1.54, 1.807) is 0 Å². The molecule has 0 aromatic carbocycles. The van der Waals surface area contributed by atoms with Gasteiger partial charge in [-0.25, -0.2) is 18.1 Å². The summed E-state index contributed by atoms with van der Waals surface area (Å²) < 4.78 is 26.9. The van der Waals surface area contributed by atoms with Gasteiger partial charge < -0.3 is 5.73 Å². The van der Waals surface area contributed by atoms with Gasteiger partial charge in [-0.15, -0.1) is 0 Å². The summed E-state index contributed by atoms with van der Waals surface area (Å²) in [5.74, 6) is 0.309. The quantitative estimate of drug-likeness (QED) is 0.722. The normalized spacial score (nSPS) is 12.6. The second-order valence-corrected chi connectivity index (χ2v) is 7.63. The Hall–Kier alpha value is -1.14. The van der Waals surface area contributed by atoms with E-state index in [2.05, 4.69) is 30.5 Å². The fraction of sp³-hybridized carbons (Fsp3) is 0.643. The molecule has 0 atom stereocenters. The Morgan fingerprint density at radius 2 is 2.00 bits per heavy atom. The van der Waals surface area contributed by atoms with Gasteiger partial charge in [0.25, 0.3) is 0 Å². The van der Waals surface area contributed by atoms with Crippen LogP contribution in [0.2, 0.25) is 0 Å². The molecule has 0 fully saturated rings. The molecule has 0 radical (unpaired) electrons. The number of unbranched alkanes of at least 4 members (excludes halogenated alkanes) is 2. The SMILES string of the molecule is CCCCCC(C)(C)CNS(=O)(=O)c1ccc(N)nc1. The van der Waals surface area contributed by atoms with Crippen LogP contribution in [-0.2, 0) is 10.0 Å². The average Bonchev–Trinajstić information content (AvgIpc) is 2.37. The van der Waals surface area contributed by atoms with Crippen molar-refractivity contribution >= 4 is 15.8 Å². The number of nitrogens with one attached hydrogen (secondary N) is 1. The molecule has 114 valence electrons. The molecule has 1 heterocycles. The van der Waals surface area contributed by atoms with Gasteiger partial charge in [0, 0.05) is 12.7 Å². The van der Waals surface area contributed by atoms with Crippen molar-refractivity contribution < 1.29 is 8.42 Å². The highest BCUT2D eigenvalue weighted by Crippen LogP contribution is 2.23. The Morgan fingerprint density at radius 1 is 1.30 bits per heavy atom. The van der Waals surface area contributed by atoms with Crippen LogP contribution < -0.4 is 10.5 Å². The number of sulfonamides is 1. The fourth-order valence-corrected chi connectivity index (χ4v) is 3.05. The Labute approximate surface area is 122 Å². The van der Waals surface area contributed by atoms with Crippen molar-refractivity contribution in [2.45, 2.75) is 51.3 Å². The monoisotopic (exact) mass is 299 g/mol. The van der Waals surface area contributed by atoms with Crippen molar-refractivity contribution in [1.82, 2.24) is 9.71 Å². The van der Waals surface area contributed by atoms with Gasteiger partial charge in [-0.05, 0) is 24.0 Å². The predicted octanol–water partition coefficient (Wildman–Crippen LogP) is 2.55. The van der Waals surface area contributed by atoms with E-state index < -0.39 is 10.0 Å². The molecule has 0 aliphatic carbocycles. The van der Waals surface area contributed by atoms with Gasteiger partial charge >= 0.3 is 0 Å². The highest BCUT2D eigenvalue weighted by atomic mass is 32.2. The molecule has 0 saturated carbocycles. The number of nitrogens with two attached hydrogens (primary N) is 1. The molecule has 1 aromatic rings. The van der Waals surface area contributed by atoms with E-state index in [0.717, 1.165) is 12.8 Å². The van der Waals surface area contributed by atoms with E-state index in [4.69, 9.17) is 5.73 Å². The summed E-state index contributed by atoms with van der Waals surface area (Å²) in [7, 11) is -3.51. The molecule has 0 aliphatic rings. The molecular weight excluding hydrogens is 274 g/mol. The Morgan fingerprint density at radius 3 is 2.55 bits per heavy atom. The lowest BCUT2D eigenvalue weighted by molar-refractivity contribution is 0.320. The number of nitrogen functional groups attached to an aromatic ring is 1. The molecule has 20 heavy (non-hydrogen) atoms. The predicted molar refractivity (Wildman–Crippen MR) is 81.8 cm³/mol. The molecule has 0 amide bonds. The average molecular weight is 299 g/mol. The first-order valence-electron chi connectivity index (χ1n) is 6.98. The third-order valence-corrected chi connectivity index (χ3v) is 4.65.